The Bertz CT molecular complexity index is 351. The Morgan fingerprint density at radius 1 is 1.45 bits per heavy atom. The zero-order chi connectivity index (χ0) is 6.97. The molecule has 1 radical (unpaired) electrons. The number of aryl methyl sites for hydroxylation is 1. The van der Waals surface area contributed by atoms with Crippen LogP contribution in [0.1, 0.15) is 5.56 Å². The van der Waals surface area contributed by atoms with Crippen molar-refractivity contribution < 1.29 is 32.7 Å². The van der Waals surface area contributed by atoms with Gasteiger partial charge in [0, 0.05) is 32.7 Å². The standard InChI is InChI=1S/C9H7S.Y/c1-7-6-10-9-5-3-2-4-8(7)9;/h2-4,6H,1H3;/q-1;. The molecule has 53 valence electrons. The molecule has 0 bridgehead atoms. The molecule has 0 amide bonds. The van der Waals surface area contributed by atoms with E-state index in [-0.39, 0.29) is 32.7 Å². The SMILES string of the molecule is Cc1csc2[c-]cccc12.[Y]. The molecule has 0 nitrogen and oxygen atoms in total. The van der Waals surface area contributed by atoms with E-state index in [2.05, 4.69) is 24.4 Å². The van der Waals surface area contributed by atoms with Crippen LogP contribution in [0.3, 0.4) is 0 Å². The molecule has 2 heteroatoms. The Balaban J connectivity index is 0.000000605. The summed E-state index contributed by atoms with van der Waals surface area (Å²) in [6.07, 6.45) is 0. The Hall–Kier alpha value is 0.284. The van der Waals surface area contributed by atoms with Gasteiger partial charge in [0.25, 0.3) is 0 Å². The van der Waals surface area contributed by atoms with Crippen molar-refractivity contribution in [3.63, 3.8) is 0 Å². The molecule has 2 rings (SSSR count). The second-order valence-electron chi connectivity index (χ2n) is 2.33. The zero-order valence-electron chi connectivity index (χ0n) is 6.29. The van der Waals surface area contributed by atoms with Gasteiger partial charge in [-0.2, -0.15) is 35.6 Å². The van der Waals surface area contributed by atoms with Crippen LogP contribution < -0.4 is 0 Å². The van der Waals surface area contributed by atoms with Gasteiger partial charge in [-0.25, -0.2) is 0 Å². The average molecular weight is 236 g/mol. The fraction of sp³-hybridized carbons (Fsp3) is 0.111. The predicted molar refractivity (Wildman–Crippen MR) is 45.4 cm³/mol. The molecule has 1 heterocycles. The topological polar surface area (TPSA) is 0 Å². The largest absolute Gasteiger partial charge is 0.176 e. The maximum atomic E-state index is 3.19. The molecule has 0 aliphatic heterocycles. The Morgan fingerprint density at radius 2 is 2.27 bits per heavy atom. The van der Waals surface area contributed by atoms with Gasteiger partial charge in [-0.3, -0.25) is 0 Å². The molecular formula is C9H7SY-. The van der Waals surface area contributed by atoms with Gasteiger partial charge in [-0.15, -0.1) is 5.39 Å². The van der Waals surface area contributed by atoms with Gasteiger partial charge in [0.2, 0.25) is 0 Å². The van der Waals surface area contributed by atoms with Crippen molar-refractivity contribution >= 4 is 21.4 Å². The summed E-state index contributed by atoms with van der Waals surface area (Å²) in [5.74, 6) is 0. The minimum atomic E-state index is 0. The van der Waals surface area contributed by atoms with E-state index in [4.69, 9.17) is 0 Å². The van der Waals surface area contributed by atoms with Crippen molar-refractivity contribution in [1.29, 1.82) is 0 Å². The van der Waals surface area contributed by atoms with E-state index in [0.29, 0.717) is 0 Å². The summed E-state index contributed by atoms with van der Waals surface area (Å²) in [6, 6.07) is 9.31. The van der Waals surface area contributed by atoms with Crippen molar-refractivity contribution in [3.8, 4) is 0 Å². The van der Waals surface area contributed by atoms with E-state index in [1.807, 2.05) is 12.1 Å². The maximum Gasteiger partial charge on any atom is 0 e. The number of thiophene rings is 1. The Labute approximate surface area is 95.5 Å². The monoisotopic (exact) mass is 236 g/mol. The predicted octanol–water partition coefficient (Wildman–Crippen LogP) is 3.01. The first kappa shape index (κ1) is 9.37. The molecular weight excluding hydrogens is 229 g/mol. The summed E-state index contributed by atoms with van der Waals surface area (Å²) in [5, 5.41) is 3.51. The smallest absolute Gasteiger partial charge is 0 e. The summed E-state index contributed by atoms with van der Waals surface area (Å²) in [6.45, 7) is 2.13. The summed E-state index contributed by atoms with van der Waals surface area (Å²) >= 11 is 1.76. The third kappa shape index (κ3) is 1.72. The first-order valence-electron chi connectivity index (χ1n) is 3.22. The van der Waals surface area contributed by atoms with Gasteiger partial charge < -0.3 is 0 Å². The van der Waals surface area contributed by atoms with Crippen LogP contribution in [0, 0.1) is 13.0 Å². The van der Waals surface area contributed by atoms with Gasteiger partial charge in [-0.05, 0) is 12.3 Å². The number of benzene rings is 1. The van der Waals surface area contributed by atoms with Crippen LogP contribution in [-0.2, 0) is 32.7 Å². The van der Waals surface area contributed by atoms with Crippen LogP contribution >= 0.6 is 11.3 Å². The average Bonchev–Trinajstić information content (AvgIpc) is 2.34. The molecule has 0 aliphatic rings. The molecule has 2 aromatic rings. The van der Waals surface area contributed by atoms with Crippen molar-refractivity contribution in [2.75, 3.05) is 0 Å². The van der Waals surface area contributed by atoms with E-state index in [0.717, 1.165) is 0 Å². The van der Waals surface area contributed by atoms with Gasteiger partial charge in [0.1, 0.15) is 0 Å². The molecule has 0 fully saturated rings. The minimum absolute atomic E-state index is 0. The van der Waals surface area contributed by atoms with Crippen LogP contribution in [0.4, 0.5) is 0 Å². The summed E-state index contributed by atoms with van der Waals surface area (Å²) in [4.78, 5) is 0. The molecule has 0 unspecified atom stereocenters. The molecule has 0 spiro atoms. The summed E-state index contributed by atoms with van der Waals surface area (Å²) in [5.41, 5.74) is 1.36. The van der Waals surface area contributed by atoms with Crippen LogP contribution in [0.2, 0.25) is 0 Å². The first-order chi connectivity index (χ1) is 4.88. The molecule has 0 saturated carbocycles. The number of hydrogen-bond donors (Lipinski definition) is 0. The van der Waals surface area contributed by atoms with Crippen molar-refractivity contribution in [2.24, 2.45) is 0 Å². The quantitative estimate of drug-likeness (QED) is 0.617. The van der Waals surface area contributed by atoms with Crippen LogP contribution in [0.25, 0.3) is 10.1 Å². The normalized spacial score (nSPS) is 9.55. The van der Waals surface area contributed by atoms with Crippen molar-refractivity contribution in [1.82, 2.24) is 0 Å². The second-order valence-corrected chi connectivity index (χ2v) is 3.21. The van der Waals surface area contributed by atoms with E-state index < -0.39 is 0 Å². The maximum absolute atomic E-state index is 3.19. The van der Waals surface area contributed by atoms with E-state index in [1.54, 1.807) is 11.3 Å². The summed E-state index contributed by atoms with van der Waals surface area (Å²) < 4.78 is 1.26. The van der Waals surface area contributed by atoms with Gasteiger partial charge >= 0.3 is 0 Å². The summed E-state index contributed by atoms with van der Waals surface area (Å²) in [7, 11) is 0. The van der Waals surface area contributed by atoms with E-state index in [1.165, 1.54) is 15.6 Å². The fourth-order valence-corrected chi connectivity index (χ4v) is 1.95. The van der Waals surface area contributed by atoms with E-state index in [9.17, 15) is 0 Å². The van der Waals surface area contributed by atoms with Crippen LogP contribution in [-0.4, -0.2) is 0 Å². The van der Waals surface area contributed by atoms with Gasteiger partial charge in [0.05, 0.1) is 0 Å². The van der Waals surface area contributed by atoms with Crippen molar-refractivity contribution in [3.05, 3.63) is 35.2 Å². The second kappa shape index (κ2) is 3.79. The third-order valence-corrected chi connectivity index (χ3v) is 2.64. The fourth-order valence-electron chi connectivity index (χ4n) is 1.04. The van der Waals surface area contributed by atoms with Crippen LogP contribution in [0.15, 0.2) is 23.6 Å². The third-order valence-electron chi connectivity index (χ3n) is 1.60. The van der Waals surface area contributed by atoms with Crippen molar-refractivity contribution in [2.45, 2.75) is 6.92 Å². The van der Waals surface area contributed by atoms with Gasteiger partial charge in [0.15, 0.2) is 0 Å². The minimum Gasteiger partial charge on any atom is -0.176 e. The Kier molecular flexibility index (Phi) is 3.23. The molecule has 1 aromatic heterocycles. The first-order valence-corrected chi connectivity index (χ1v) is 4.10. The molecule has 1 aromatic carbocycles. The number of rotatable bonds is 0. The molecule has 0 atom stereocenters. The molecule has 11 heavy (non-hydrogen) atoms. The Morgan fingerprint density at radius 3 is 3.00 bits per heavy atom. The molecule has 0 N–H and O–H groups in total. The van der Waals surface area contributed by atoms with Crippen LogP contribution in [0.5, 0.6) is 0 Å². The van der Waals surface area contributed by atoms with E-state index >= 15 is 0 Å². The number of fused-ring (bicyclic) bond motifs is 1. The zero-order valence-corrected chi connectivity index (χ0v) is 9.95. The molecule has 0 saturated heterocycles. The number of hydrogen-bond acceptors (Lipinski definition) is 1. The van der Waals surface area contributed by atoms with Gasteiger partial charge in [-0.1, -0.05) is 10.3 Å². The molecule has 0 aliphatic carbocycles.